The van der Waals surface area contributed by atoms with Gasteiger partial charge in [-0.15, -0.1) is 0 Å². The van der Waals surface area contributed by atoms with Gasteiger partial charge in [0.1, 0.15) is 5.78 Å². The molecule has 1 aliphatic rings. The van der Waals surface area contributed by atoms with Crippen molar-refractivity contribution in [3.63, 3.8) is 0 Å². The molecule has 1 saturated carbocycles. The lowest BCUT2D eigenvalue weighted by molar-refractivity contribution is -0.127. The fourth-order valence-electron chi connectivity index (χ4n) is 2.85. The zero-order valence-electron chi connectivity index (χ0n) is 13.6. The van der Waals surface area contributed by atoms with Crippen molar-refractivity contribution in [1.29, 1.82) is 0 Å². The first-order valence-corrected chi connectivity index (χ1v) is 9.35. The Morgan fingerprint density at radius 1 is 1.26 bits per heavy atom. The third-order valence-corrected chi connectivity index (χ3v) is 6.17. The Morgan fingerprint density at radius 3 is 2.52 bits per heavy atom. The molecular weight excluding hydrogens is 314 g/mol. The summed E-state index contributed by atoms with van der Waals surface area (Å²) in [4.78, 5) is 23.8. The summed E-state index contributed by atoms with van der Waals surface area (Å²) in [5.41, 5.74) is 0.958. The molecule has 6 heteroatoms. The van der Waals surface area contributed by atoms with Crippen LogP contribution in [0.4, 0.5) is 0 Å². The predicted molar refractivity (Wildman–Crippen MR) is 87.3 cm³/mol. The highest BCUT2D eigenvalue weighted by Gasteiger charge is 2.27. The van der Waals surface area contributed by atoms with Crippen LogP contribution in [-0.4, -0.2) is 31.5 Å². The van der Waals surface area contributed by atoms with Gasteiger partial charge in [-0.2, -0.15) is 0 Å². The number of amides is 1. The van der Waals surface area contributed by atoms with E-state index in [0.29, 0.717) is 19.3 Å². The van der Waals surface area contributed by atoms with Gasteiger partial charge in [0.2, 0.25) is 5.91 Å². The summed E-state index contributed by atoms with van der Waals surface area (Å²) in [6.45, 7) is 1.87. The van der Waals surface area contributed by atoms with Gasteiger partial charge in [0.25, 0.3) is 10.0 Å². The van der Waals surface area contributed by atoms with Gasteiger partial charge in [-0.05, 0) is 44.2 Å². The van der Waals surface area contributed by atoms with Crippen LogP contribution in [0, 0.1) is 12.8 Å². The quantitative estimate of drug-likeness (QED) is 0.828. The second-order valence-electron chi connectivity index (χ2n) is 6.22. The molecule has 1 unspecified atom stereocenters. The molecule has 0 aliphatic heterocycles. The Bertz CT molecular complexity index is 679. The van der Waals surface area contributed by atoms with E-state index in [-0.39, 0.29) is 23.0 Å². The first kappa shape index (κ1) is 17.7. The van der Waals surface area contributed by atoms with Gasteiger partial charge in [0, 0.05) is 26.3 Å². The molecule has 0 spiro atoms. The fourth-order valence-corrected chi connectivity index (χ4v) is 4.00. The van der Waals surface area contributed by atoms with Gasteiger partial charge in [0.05, 0.1) is 4.90 Å². The number of nitrogens with zero attached hydrogens (tertiary/aromatic N) is 1. The molecule has 0 heterocycles. The van der Waals surface area contributed by atoms with Crippen LogP contribution in [0.2, 0.25) is 0 Å². The second kappa shape index (κ2) is 7.25. The number of hydrogen-bond acceptors (Lipinski definition) is 4. The molecule has 0 saturated heterocycles. The minimum Gasteiger partial charge on any atom is -0.300 e. The zero-order chi connectivity index (χ0) is 17.0. The molecule has 0 radical (unpaired) electrons. The summed E-state index contributed by atoms with van der Waals surface area (Å²) >= 11 is 0. The number of benzene rings is 1. The molecule has 1 atom stereocenters. The van der Waals surface area contributed by atoms with Crippen molar-refractivity contribution in [3.8, 4) is 0 Å². The number of hydrogen-bond donors (Lipinski definition) is 0. The number of aryl methyl sites for hydroxylation is 1. The van der Waals surface area contributed by atoms with Crippen molar-refractivity contribution in [2.24, 2.45) is 5.92 Å². The van der Waals surface area contributed by atoms with Gasteiger partial charge < -0.3 is 0 Å². The van der Waals surface area contributed by atoms with Crippen LogP contribution in [0.5, 0.6) is 0 Å². The summed E-state index contributed by atoms with van der Waals surface area (Å²) in [5.74, 6) is 0.0219. The maximum Gasteiger partial charge on any atom is 0.266 e. The van der Waals surface area contributed by atoms with Crippen molar-refractivity contribution < 1.29 is 18.0 Å². The van der Waals surface area contributed by atoms with Crippen molar-refractivity contribution in [1.82, 2.24) is 4.31 Å². The summed E-state index contributed by atoms with van der Waals surface area (Å²) in [7, 11) is -2.51. The molecule has 23 heavy (non-hydrogen) atoms. The average Bonchev–Trinajstić information content (AvgIpc) is 2.52. The van der Waals surface area contributed by atoms with Crippen LogP contribution >= 0.6 is 0 Å². The van der Waals surface area contributed by atoms with Gasteiger partial charge in [-0.25, -0.2) is 12.7 Å². The summed E-state index contributed by atoms with van der Waals surface area (Å²) in [6.07, 6.45) is 3.67. The van der Waals surface area contributed by atoms with E-state index < -0.39 is 15.9 Å². The van der Waals surface area contributed by atoms with E-state index in [1.807, 2.05) is 6.92 Å². The van der Waals surface area contributed by atoms with Gasteiger partial charge in [-0.3, -0.25) is 9.59 Å². The molecule has 0 bridgehead atoms. The average molecular weight is 337 g/mol. The van der Waals surface area contributed by atoms with Crippen molar-refractivity contribution in [2.45, 2.75) is 50.3 Å². The van der Waals surface area contributed by atoms with Crippen LogP contribution in [0.25, 0.3) is 0 Å². The molecule has 0 N–H and O–H groups in total. The third-order valence-electron chi connectivity index (χ3n) is 4.38. The molecule has 5 nitrogen and oxygen atoms in total. The largest absolute Gasteiger partial charge is 0.300 e. The molecule has 1 aromatic carbocycles. The third kappa shape index (κ3) is 4.41. The Kier molecular flexibility index (Phi) is 5.57. The van der Waals surface area contributed by atoms with E-state index in [9.17, 15) is 18.0 Å². The van der Waals surface area contributed by atoms with E-state index in [4.69, 9.17) is 0 Å². The van der Waals surface area contributed by atoms with Crippen molar-refractivity contribution in [2.75, 3.05) is 7.05 Å². The van der Waals surface area contributed by atoms with E-state index in [1.54, 1.807) is 12.1 Å². The van der Waals surface area contributed by atoms with Crippen molar-refractivity contribution in [3.05, 3.63) is 29.8 Å². The van der Waals surface area contributed by atoms with Gasteiger partial charge in [-0.1, -0.05) is 17.7 Å². The summed E-state index contributed by atoms with van der Waals surface area (Å²) in [5, 5.41) is 0. The molecule has 1 amide bonds. The zero-order valence-corrected chi connectivity index (χ0v) is 14.4. The Morgan fingerprint density at radius 2 is 1.91 bits per heavy atom. The lowest BCUT2D eigenvalue weighted by Gasteiger charge is -2.22. The molecule has 1 aromatic rings. The van der Waals surface area contributed by atoms with Crippen LogP contribution in [0.15, 0.2) is 29.2 Å². The first-order chi connectivity index (χ1) is 10.8. The predicted octanol–water partition coefficient (Wildman–Crippen LogP) is 2.68. The van der Waals surface area contributed by atoms with E-state index in [2.05, 4.69) is 0 Å². The number of carbonyl (C=O) groups excluding carboxylic acids is 2. The minimum atomic E-state index is -3.80. The van der Waals surface area contributed by atoms with E-state index in [1.165, 1.54) is 19.2 Å². The fraction of sp³-hybridized carbons (Fsp3) is 0.529. The molecule has 1 aliphatic carbocycles. The molecule has 2 rings (SSSR count). The summed E-state index contributed by atoms with van der Waals surface area (Å²) in [6, 6.07) is 6.43. The molecular formula is C17H23NO4S. The monoisotopic (exact) mass is 337 g/mol. The van der Waals surface area contributed by atoms with Crippen molar-refractivity contribution >= 4 is 21.7 Å². The number of Topliss-reactive ketones (excluding diaryl/α,β-unsaturated/α-hetero) is 1. The highest BCUT2D eigenvalue weighted by molar-refractivity contribution is 7.89. The molecule has 1 fully saturated rings. The summed E-state index contributed by atoms with van der Waals surface area (Å²) < 4.78 is 25.7. The van der Waals surface area contributed by atoms with Crippen LogP contribution in [-0.2, 0) is 19.6 Å². The Balaban J connectivity index is 1.98. The van der Waals surface area contributed by atoms with Crippen LogP contribution < -0.4 is 0 Å². The lowest BCUT2D eigenvalue weighted by Crippen LogP contribution is -2.33. The second-order valence-corrected chi connectivity index (χ2v) is 8.19. The topological polar surface area (TPSA) is 71.5 Å². The minimum absolute atomic E-state index is 0.117. The lowest BCUT2D eigenvalue weighted by atomic mass is 9.85. The van der Waals surface area contributed by atoms with Crippen LogP contribution in [0.3, 0.4) is 0 Å². The highest BCUT2D eigenvalue weighted by atomic mass is 32.2. The number of rotatable bonds is 5. The van der Waals surface area contributed by atoms with Gasteiger partial charge in [0.15, 0.2) is 0 Å². The molecule has 126 valence electrons. The Labute approximate surface area is 137 Å². The standard InChI is InChI=1S/C17H23NO4S/c1-13-6-9-16(10-7-13)23(21,22)18(2)17(20)11-8-14-4-3-5-15(19)12-14/h6-7,9-10,14H,3-5,8,11-12H2,1-2H3. The van der Waals surface area contributed by atoms with E-state index >= 15 is 0 Å². The number of ketones is 1. The smallest absolute Gasteiger partial charge is 0.266 e. The molecule has 0 aromatic heterocycles. The maximum atomic E-state index is 12.4. The normalized spacial score (nSPS) is 18.7. The maximum absolute atomic E-state index is 12.4. The number of sulfonamides is 1. The SMILES string of the molecule is Cc1ccc(S(=O)(=O)N(C)C(=O)CCC2CCCC(=O)C2)cc1. The van der Waals surface area contributed by atoms with Crippen LogP contribution in [0.1, 0.15) is 44.1 Å². The first-order valence-electron chi connectivity index (χ1n) is 7.91. The van der Waals surface area contributed by atoms with E-state index in [0.717, 1.165) is 22.7 Å². The number of carbonyl (C=O) groups is 2. The Hall–Kier alpha value is -1.69. The van der Waals surface area contributed by atoms with Gasteiger partial charge >= 0.3 is 0 Å². The highest BCUT2D eigenvalue weighted by Crippen LogP contribution is 2.26.